The Morgan fingerprint density at radius 3 is 1.38 bits per heavy atom. The third kappa shape index (κ3) is 0.545. The molecule has 0 aliphatic heterocycles. The molecule has 1 saturated carbocycles. The first-order valence-corrected chi connectivity index (χ1v) is 2.34. The minimum absolute atomic E-state index is 1.22. The number of aliphatic hydroxyl groups is 3. The van der Waals surface area contributed by atoms with Crippen molar-refractivity contribution in [1.29, 1.82) is 0 Å². The summed E-state index contributed by atoms with van der Waals surface area (Å²) in [5.74, 6) is 0. The van der Waals surface area contributed by atoms with Gasteiger partial charge >= 0.3 is 0 Å². The summed E-state index contributed by atoms with van der Waals surface area (Å²) >= 11 is 0. The molecule has 0 spiro atoms. The lowest BCUT2D eigenvalue weighted by Crippen LogP contribution is -2.62. The maximum atomic E-state index is 10.2. The minimum atomic E-state index is -1.41. The standard InChI is InChI=1S/C4H7O4/c5-1-2(6)4(8)3(1)7/h1-7H. The zero-order valence-electron chi connectivity index (χ0n) is 4.06. The molecule has 0 saturated heterocycles. The molecule has 0 aromatic heterocycles. The Kier molecular flexibility index (Phi) is 1.24. The molecule has 1 aliphatic carbocycles. The van der Waals surface area contributed by atoms with E-state index in [0.29, 0.717) is 0 Å². The predicted molar refractivity (Wildman–Crippen MR) is 22.5 cm³/mol. The Bertz CT molecular complexity index is 62.0. The summed E-state index contributed by atoms with van der Waals surface area (Å²) in [5, 5.41) is 35.5. The van der Waals surface area contributed by atoms with Crippen LogP contribution in [0, 0.1) is 0 Å². The van der Waals surface area contributed by atoms with E-state index in [4.69, 9.17) is 15.3 Å². The van der Waals surface area contributed by atoms with E-state index in [-0.39, 0.29) is 0 Å². The summed E-state index contributed by atoms with van der Waals surface area (Å²) in [6, 6.07) is 0. The van der Waals surface area contributed by atoms with Crippen LogP contribution in [0.25, 0.3) is 0 Å². The van der Waals surface area contributed by atoms with Crippen molar-refractivity contribution in [3.05, 3.63) is 0 Å². The molecule has 1 rings (SSSR count). The van der Waals surface area contributed by atoms with E-state index in [1.54, 1.807) is 0 Å². The lowest BCUT2D eigenvalue weighted by molar-refractivity contribution is -0.242. The summed E-state index contributed by atoms with van der Waals surface area (Å²) < 4.78 is 0. The van der Waals surface area contributed by atoms with E-state index in [0.717, 1.165) is 0 Å². The van der Waals surface area contributed by atoms with Gasteiger partial charge in [-0.3, -0.25) is 0 Å². The van der Waals surface area contributed by atoms with Crippen LogP contribution in [0.1, 0.15) is 0 Å². The molecule has 2 atom stereocenters. The molecule has 8 heavy (non-hydrogen) atoms. The Morgan fingerprint density at radius 2 is 1.25 bits per heavy atom. The quantitative estimate of drug-likeness (QED) is 0.341. The summed E-state index contributed by atoms with van der Waals surface area (Å²) in [4.78, 5) is 0. The van der Waals surface area contributed by atoms with E-state index >= 15 is 0 Å². The van der Waals surface area contributed by atoms with E-state index in [1.165, 1.54) is 0 Å². The van der Waals surface area contributed by atoms with Crippen molar-refractivity contribution in [1.82, 2.24) is 0 Å². The van der Waals surface area contributed by atoms with Gasteiger partial charge in [-0.1, -0.05) is 0 Å². The molecule has 2 unspecified atom stereocenters. The Balaban J connectivity index is 2.42. The first kappa shape index (κ1) is 5.97. The Labute approximate surface area is 46.0 Å². The zero-order chi connectivity index (χ0) is 6.31. The lowest BCUT2D eigenvalue weighted by atomic mass is 9.85. The van der Waals surface area contributed by atoms with Gasteiger partial charge in [-0.25, -0.2) is 5.11 Å². The van der Waals surface area contributed by atoms with Crippen LogP contribution >= 0.6 is 0 Å². The highest BCUT2D eigenvalue weighted by Crippen LogP contribution is 2.21. The zero-order valence-corrected chi connectivity index (χ0v) is 4.06. The molecular weight excluding hydrogens is 112 g/mol. The van der Waals surface area contributed by atoms with E-state index < -0.39 is 24.4 Å². The fourth-order valence-corrected chi connectivity index (χ4v) is 0.647. The number of hydrogen-bond donors (Lipinski definition) is 3. The van der Waals surface area contributed by atoms with Crippen molar-refractivity contribution in [2.75, 3.05) is 0 Å². The van der Waals surface area contributed by atoms with Crippen LogP contribution in [-0.2, 0) is 5.11 Å². The normalized spacial score (nSPS) is 55.5. The highest BCUT2D eigenvalue weighted by Gasteiger charge is 2.48. The molecule has 0 amide bonds. The van der Waals surface area contributed by atoms with Gasteiger partial charge in [0, 0.05) is 0 Å². The Morgan fingerprint density at radius 1 is 0.875 bits per heavy atom. The van der Waals surface area contributed by atoms with Crippen molar-refractivity contribution in [3.8, 4) is 0 Å². The van der Waals surface area contributed by atoms with Crippen LogP contribution in [0.3, 0.4) is 0 Å². The second-order valence-corrected chi connectivity index (χ2v) is 1.94. The first-order valence-electron chi connectivity index (χ1n) is 2.34. The third-order valence-corrected chi connectivity index (χ3v) is 1.37. The summed E-state index contributed by atoms with van der Waals surface area (Å²) in [5.41, 5.74) is 0. The predicted octanol–water partition coefficient (Wildman–Crippen LogP) is -2.12. The van der Waals surface area contributed by atoms with Crippen LogP contribution in [-0.4, -0.2) is 39.7 Å². The van der Waals surface area contributed by atoms with Gasteiger partial charge in [0.1, 0.15) is 24.4 Å². The maximum absolute atomic E-state index is 10.2. The van der Waals surface area contributed by atoms with Crippen LogP contribution in [0.5, 0.6) is 0 Å². The fourth-order valence-electron chi connectivity index (χ4n) is 0.647. The first-order chi connectivity index (χ1) is 3.64. The van der Waals surface area contributed by atoms with Gasteiger partial charge in [-0.2, -0.15) is 0 Å². The highest BCUT2D eigenvalue weighted by atomic mass is 16.4. The van der Waals surface area contributed by atoms with Gasteiger partial charge in [0.25, 0.3) is 0 Å². The molecule has 4 nitrogen and oxygen atoms in total. The van der Waals surface area contributed by atoms with Crippen molar-refractivity contribution < 1.29 is 20.4 Å². The smallest absolute Gasteiger partial charge is 0.150 e. The molecule has 1 aliphatic rings. The van der Waals surface area contributed by atoms with E-state index in [2.05, 4.69) is 0 Å². The lowest BCUT2D eigenvalue weighted by Gasteiger charge is -2.37. The molecule has 3 N–H and O–H groups in total. The molecule has 0 aromatic rings. The fraction of sp³-hybridized carbons (Fsp3) is 1.00. The summed E-state index contributed by atoms with van der Waals surface area (Å²) in [7, 11) is 0. The van der Waals surface area contributed by atoms with E-state index in [1.807, 2.05) is 0 Å². The molecule has 4 heteroatoms. The van der Waals surface area contributed by atoms with Crippen molar-refractivity contribution >= 4 is 0 Å². The summed E-state index contributed by atoms with van der Waals surface area (Å²) in [6.45, 7) is 0. The Hall–Kier alpha value is -0.160. The summed E-state index contributed by atoms with van der Waals surface area (Å²) in [6.07, 6.45) is -5.18. The topological polar surface area (TPSA) is 80.6 Å². The molecule has 1 fully saturated rings. The van der Waals surface area contributed by atoms with Crippen LogP contribution in [0.2, 0.25) is 0 Å². The molecule has 1 radical (unpaired) electrons. The van der Waals surface area contributed by atoms with Gasteiger partial charge in [0.2, 0.25) is 0 Å². The highest BCUT2D eigenvalue weighted by molar-refractivity contribution is 4.97. The number of hydrogen-bond acceptors (Lipinski definition) is 3. The maximum Gasteiger partial charge on any atom is 0.150 e. The van der Waals surface area contributed by atoms with Crippen LogP contribution in [0.15, 0.2) is 0 Å². The van der Waals surface area contributed by atoms with Crippen molar-refractivity contribution in [3.63, 3.8) is 0 Å². The number of aliphatic hydroxyl groups excluding tert-OH is 3. The van der Waals surface area contributed by atoms with Gasteiger partial charge < -0.3 is 15.3 Å². The monoisotopic (exact) mass is 119 g/mol. The largest absolute Gasteiger partial charge is 0.387 e. The minimum Gasteiger partial charge on any atom is -0.387 e. The van der Waals surface area contributed by atoms with E-state index in [9.17, 15) is 5.11 Å². The average Bonchev–Trinajstić information content (AvgIpc) is 1.83. The van der Waals surface area contributed by atoms with Crippen LogP contribution < -0.4 is 0 Å². The van der Waals surface area contributed by atoms with Gasteiger partial charge in [0.15, 0.2) is 0 Å². The van der Waals surface area contributed by atoms with Gasteiger partial charge in [-0.05, 0) is 0 Å². The van der Waals surface area contributed by atoms with Crippen molar-refractivity contribution in [2.24, 2.45) is 0 Å². The molecular formula is C4H7O4. The molecule has 0 bridgehead atoms. The molecule has 47 valence electrons. The third-order valence-electron chi connectivity index (χ3n) is 1.37. The second-order valence-electron chi connectivity index (χ2n) is 1.94. The average molecular weight is 119 g/mol. The van der Waals surface area contributed by atoms with Gasteiger partial charge in [0.05, 0.1) is 0 Å². The van der Waals surface area contributed by atoms with Gasteiger partial charge in [-0.15, -0.1) is 0 Å². The second kappa shape index (κ2) is 1.66. The van der Waals surface area contributed by atoms with Crippen molar-refractivity contribution in [2.45, 2.75) is 24.4 Å². The molecule has 0 aromatic carbocycles. The molecule has 0 heterocycles. The SMILES string of the molecule is [O]C1C(O)C(O)C1O. The number of rotatable bonds is 0. The van der Waals surface area contributed by atoms with Crippen LogP contribution in [0.4, 0.5) is 0 Å².